The third kappa shape index (κ3) is 4.84. The molecule has 1 aromatic carbocycles. The average molecular weight is 425 g/mol. The van der Waals surface area contributed by atoms with Crippen LogP contribution in [0.1, 0.15) is 36.5 Å². The molecule has 4 rings (SSSR count). The topological polar surface area (TPSA) is 65.5 Å². The molecule has 2 aliphatic heterocycles. The Hall–Kier alpha value is -2.38. The van der Waals surface area contributed by atoms with E-state index in [1.54, 1.807) is 23.2 Å². The third-order valence-electron chi connectivity index (χ3n) is 5.63. The number of piperidine rings is 1. The Morgan fingerprint density at radius 3 is 3.00 bits per heavy atom. The summed E-state index contributed by atoms with van der Waals surface area (Å²) >= 11 is 1.46. The fourth-order valence-electron chi connectivity index (χ4n) is 4.14. The lowest BCUT2D eigenvalue weighted by Gasteiger charge is -2.30. The summed E-state index contributed by atoms with van der Waals surface area (Å²) in [6.45, 7) is 6.24. The highest BCUT2D eigenvalue weighted by Crippen LogP contribution is 2.39. The van der Waals surface area contributed by atoms with Crippen molar-refractivity contribution in [2.75, 3.05) is 37.6 Å². The Labute approximate surface area is 182 Å². The minimum absolute atomic E-state index is 0.00545. The van der Waals surface area contributed by atoms with Crippen LogP contribution in [0.5, 0.6) is 0 Å². The number of anilines is 1. The van der Waals surface area contributed by atoms with Crippen molar-refractivity contribution >= 4 is 29.3 Å². The predicted octanol–water partition coefficient (Wildman–Crippen LogP) is 3.43. The van der Waals surface area contributed by atoms with Gasteiger partial charge in [0, 0.05) is 24.2 Å². The lowest BCUT2D eigenvalue weighted by molar-refractivity contribution is -0.119. The Bertz CT molecular complexity index is 920. The summed E-state index contributed by atoms with van der Waals surface area (Å²) in [5.41, 5.74) is 1.29. The number of rotatable bonds is 6. The van der Waals surface area contributed by atoms with Gasteiger partial charge in [-0.2, -0.15) is 0 Å². The van der Waals surface area contributed by atoms with Crippen molar-refractivity contribution in [1.82, 2.24) is 15.2 Å². The predicted molar refractivity (Wildman–Crippen MR) is 119 cm³/mol. The lowest BCUT2D eigenvalue weighted by Crippen LogP contribution is -2.42. The number of carbonyl (C=O) groups is 2. The van der Waals surface area contributed by atoms with Gasteiger partial charge in [-0.15, -0.1) is 0 Å². The maximum absolute atomic E-state index is 13.2. The van der Waals surface area contributed by atoms with E-state index in [2.05, 4.69) is 22.1 Å². The highest BCUT2D eigenvalue weighted by Gasteiger charge is 2.29. The van der Waals surface area contributed by atoms with Gasteiger partial charge in [0.2, 0.25) is 5.91 Å². The summed E-state index contributed by atoms with van der Waals surface area (Å²) in [5.74, 6) is 0.438. The molecule has 2 aliphatic rings. The minimum atomic E-state index is -0.187. The van der Waals surface area contributed by atoms with Crippen molar-refractivity contribution in [3.8, 4) is 0 Å². The largest absolute Gasteiger partial charge is 0.355 e. The van der Waals surface area contributed by atoms with E-state index in [-0.39, 0.29) is 18.4 Å². The smallest absolute Gasteiger partial charge is 0.261 e. The van der Waals surface area contributed by atoms with E-state index < -0.39 is 0 Å². The number of nitrogens with zero attached hydrogens (tertiary/aromatic N) is 3. The Morgan fingerprint density at radius 1 is 1.27 bits per heavy atom. The number of hydrogen-bond donors (Lipinski definition) is 1. The number of para-hydroxylation sites is 1. The van der Waals surface area contributed by atoms with Gasteiger partial charge in [0.05, 0.1) is 11.3 Å². The third-order valence-corrected chi connectivity index (χ3v) is 6.71. The van der Waals surface area contributed by atoms with Crippen LogP contribution in [0, 0.1) is 5.92 Å². The molecule has 158 valence electrons. The zero-order valence-electron chi connectivity index (χ0n) is 17.3. The molecule has 0 bridgehead atoms. The standard InChI is InChI=1S/C23H28N4O2S/c1-17-7-5-13-26(15-17)14-6-12-24-21(28)16-27-19-9-2-3-10-20(19)30-22-18(23(27)29)8-4-11-25-22/h2-4,8-11,17H,5-7,12-16H2,1H3,(H,24,28). The molecule has 3 heterocycles. The quantitative estimate of drug-likeness (QED) is 0.720. The van der Waals surface area contributed by atoms with Crippen LogP contribution in [0.15, 0.2) is 52.5 Å². The van der Waals surface area contributed by atoms with Crippen molar-refractivity contribution in [3.05, 3.63) is 48.2 Å². The highest BCUT2D eigenvalue weighted by molar-refractivity contribution is 7.99. The van der Waals surface area contributed by atoms with E-state index in [0.717, 1.165) is 42.6 Å². The first-order valence-electron chi connectivity index (χ1n) is 10.6. The Kier molecular flexibility index (Phi) is 6.69. The Morgan fingerprint density at radius 2 is 2.13 bits per heavy atom. The molecule has 6 nitrogen and oxygen atoms in total. The van der Waals surface area contributed by atoms with E-state index in [1.165, 1.54) is 24.6 Å². The van der Waals surface area contributed by atoms with Crippen molar-refractivity contribution in [2.45, 2.75) is 36.1 Å². The second-order valence-electron chi connectivity index (χ2n) is 8.07. The van der Waals surface area contributed by atoms with Gasteiger partial charge >= 0.3 is 0 Å². The van der Waals surface area contributed by atoms with Crippen LogP contribution in [-0.4, -0.2) is 54.4 Å². The highest BCUT2D eigenvalue weighted by atomic mass is 32.2. The van der Waals surface area contributed by atoms with Gasteiger partial charge in [-0.25, -0.2) is 4.98 Å². The number of benzene rings is 1. The second-order valence-corrected chi connectivity index (χ2v) is 9.10. The first kappa shape index (κ1) is 20.9. The number of hydrogen-bond acceptors (Lipinski definition) is 5. The van der Waals surface area contributed by atoms with Crippen LogP contribution in [0.25, 0.3) is 0 Å². The fraction of sp³-hybridized carbons (Fsp3) is 0.435. The molecule has 1 fully saturated rings. The van der Waals surface area contributed by atoms with Crippen LogP contribution in [0.4, 0.5) is 5.69 Å². The Balaban J connectivity index is 1.38. The summed E-state index contributed by atoms with van der Waals surface area (Å²) in [5, 5.41) is 3.67. The molecule has 7 heteroatoms. The van der Waals surface area contributed by atoms with Gasteiger partial charge < -0.3 is 10.2 Å². The fourth-order valence-corrected chi connectivity index (χ4v) is 5.15. The van der Waals surface area contributed by atoms with Crippen LogP contribution < -0.4 is 10.2 Å². The molecule has 2 amide bonds. The number of likely N-dealkylation sites (tertiary alicyclic amines) is 1. The number of pyridine rings is 1. The molecule has 1 atom stereocenters. The molecular formula is C23H28N4O2S. The summed E-state index contributed by atoms with van der Waals surface area (Å²) in [6.07, 6.45) is 5.19. The molecule has 30 heavy (non-hydrogen) atoms. The van der Waals surface area contributed by atoms with Gasteiger partial charge in [0.15, 0.2) is 0 Å². The first-order chi connectivity index (χ1) is 14.6. The van der Waals surface area contributed by atoms with Crippen molar-refractivity contribution in [2.24, 2.45) is 5.92 Å². The summed E-state index contributed by atoms with van der Waals surface area (Å²) in [4.78, 5) is 35.2. The zero-order chi connectivity index (χ0) is 20.9. The van der Waals surface area contributed by atoms with Gasteiger partial charge in [-0.1, -0.05) is 30.8 Å². The lowest BCUT2D eigenvalue weighted by atomic mass is 10.0. The number of aromatic nitrogens is 1. The maximum Gasteiger partial charge on any atom is 0.261 e. The molecule has 0 spiro atoms. The van der Waals surface area contributed by atoms with Crippen molar-refractivity contribution < 1.29 is 9.59 Å². The minimum Gasteiger partial charge on any atom is -0.355 e. The average Bonchev–Trinajstić information content (AvgIpc) is 2.86. The summed E-state index contributed by atoms with van der Waals surface area (Å²) in [7, 11) is 0. The van der Waals surface area contributed by atoms with Crippen molar-refractivity contribution in [1.29, 1.82) is 0 Å². The van der Waals surface area contributed by atoms with Crippen LogP contribution in [0.3, 0.4) is 0 Å². The van der Waals surface area contributed by atoms with Gasteiger partial charge in [0.1, 0.15) is 11.6 Å². The van der Waals surface area contributed by atoms with E-state index in [1.807, 2.05) is 24.3 Å². The monoisotopic (exact) mass is 424 g/mol. The van der Waals surface area contributed by atoms with E-state index in [0.29, 0.717) is 17.1 Å². The first-order valence-corrected chi connectivity index (χ1v) is 11.5. The van der Waals surface area contributed by atoms with E-state index >= 15 is 0 Å². The molecule has 1 N–H and O–H groups in total. The molecular weight excluding hydrogens is 396 g/mol. The second kappa shape index (κ2) is 9.62. The molecule has 1 unspecified atom stereocenters. The molecule has 0 saturated carbocycles. The van der Waals surface area contributed by atoms with E-state index in [4.69, 9.17) is 0 Å². The SMILES string of the molecule is CC1CCCN(CCCNC(=O)CN2C(=O)c3cccnc3Sc3ccccc32)C1. The van der Waals surface area contributed by atoms with Gasteiger partial charge in [0.25, 0.3) is 5.91 Å². The van der Waals surface area contributed by atoms with Crippen molar-refractivity contribution in [3.63, 3.8) is 0 Å². The molecule has 0 radical (unpaired) electrons. The summed E-state index contributed by atoms with van der Waals surface area (Å²) < 4.78 is 0. The zero-order valence-corrected chi connectivity index (χ0v) is 18.2. The van der Waals surface area contributed by atoms with Crippen LogP contribution in [-0.2, 0) is 4.79 Å². The van der Waals surface area contributed by atoms with E-state index in [9.17, 15) is 9.59 Å². The summed E-state index contributed by atoms with van der Waals surface area (Å²) in [6, 6.07) is 11.2. The number of fused-ring (bicyclic) bond motifs is 2. The van der Waals surface area contributed by atoms with Gasteiger partial charge in [-0.3, -0.25) is 14.5 Å². The van der Waals surface area contributed by atoms with Crippen LogP contribution in [0.2, 0.25) is 0 Å². The molecule has 1 saturated heterocycles. The maximum atomic E-state index is 13.2. The van der Waals surface area contributed by atoms with Crippen LogP contribution >= 0.6 is 11.8 Å². The number of carbonyl (C=O) groups excluding carboxylic acids is 2. The molecule has 1 aromatic heterocycles. The number of amides is 2. The molecule has 0 aliphatic carbocycles. The normalized spacial score (nSPS) is 19.0. The molecule has 2 aromatic rings. The van der Waals surface area contributed by atoms with Gasteiger partial charge in [-0.05, 0) is 62.5 Å². The number of nitrogens with one attached hydrogen (secondary N) is 1.